The molecule has 0 aliphatic carbocycles. The largest absolute Gasteiger partial charge is 0.491 e. The quantitative estimate of drug-likeness (QED) is 0.490. The molecule has 5 N–H and O–H groups in total. The number of carbonyl (C=O) groups is 1. The number of hydrogen-bond acceptors (Lipinski definition) is 4. The van der Waals surface area contributed by atoms with Crippen LogP contribution in [0, 0.1) is 0 Å². The zero-order valence-electron chi connectivity index (χ0n) is 11.4. The number of aliphatic hydroxyl groups excluding tert-OH is 1. The van der Waals surface area contributed by atoms with E-state index in [2.05, 4.69) is 15.3 Å². The third-order valence-corrected chi connectivity index (χ3v) is 2.68. The molecule has 0 radical (unpaired) electrons. The Hall–Kier alpha value is -2.25. The van der Waals surface area contributed by atoms with Gasteiger partial charge in [0, 0.05) is 24.0 Å². The number of halogens is 1. The van der Waals surface area contributed by atoms with Crippen LogP contribution in [0.5, 0.6) is 5.75 Å². The van der Waals surface area contributed by atoms with Crippen molar-refractivity contribution < 1.29 is 14.6 Å². The lowest BCUT2D eigenvalue weighted by Crippen LogP contribution is -2.36. The number of nitrogens with two attached hydrogens (primary N) is 1. The molecule has 21 heavy (non-hydrogen) atoms. The smallest absolute Gasteiger partial charge is 0.274 e. The number of ether oxygens (including phenoxy) is 1. The number of nitrogens with zero attached hydrogens (tertiary/aromatic N) is 1. The Labute approximate surface area is 127 Å². The lowest BCUT2D eigenvalue weighted by Gasteiger charge is -2.03. The molecule has 2 aromatic rings. The van der Waals surface area contributed by atoms with Gasteiger partial charge in [-0.05, 0) is 18.2 Å². The van der Waals surface area contributed by atoms with Crippen LogP contribution in [-0.4, -0.2) is 42.2 Å². The Kier molecular flexibility index (Phi) is 6.01. The van der Waals surface area contributed by atoms with E-state index in [0.717, 1.165) is 10.9 Å². The first-order valence-electron chi connectivity index (χ1n) is 6.04. The summed E-state index contributed by atoms with van der Waals surface area (Å²) in [6.45, 7) is 0.176. The van der Waals surface area contributed by atoms with Crippen molar-refractivity contribution >= 4 is 35.2 Å². The summed E-state index contributed by atoms with van der Waals surface area (Å²) < 4.78 is 5.31. The number of nitrogens with one attached hydrogen (secondary N) is 2. The summed E-state index contributed by atoms with van der Waals surface area (Å²) in [7, 11) is 1.49. The van der Waals surface area contributed by atoms with Crippen LogP contribution in [0.25, 0.3) is 10.9 Å². The molecule has 1 aromatic heterocycles. The van der Waals surface area contributed by atoms with Gasteiger partial charge in [0.1, 0.15) is 18.1 Å². The van der Waals surface area contributed by atoms with Gasteiger partial charge in [-0.15, -0.1) is 12.4 Å². The second-order valence-electron chi connectivity index (χ2n) is 4.07. The van der Waals surface area contributed by atoms with Crippen molar-refractivity contribution in [1.29, 1.82) is 0 Å². The van der Waals surface area contributed by atoms with Crippen molar-refractivity contribution in [1.82, 2.24) is 10.3 Å². The lowest BCUT2D eigenvalue weighted by atomic mass is 10.2. The highest BCUT2D eigenvalue weighted by atomic mass is 35.5. The average molecular weight is 313 g/mol. The van der Waals surface area contributed by atoms with Crippen molar-refractivity contribution in [2.75, 3.05) is 20.3 Å². The summed E-state index contributed by atoms with van der Waals surface area (Å²) in [4.78, 5) is 18.5. The number of benzene rings is 1. The second-order valence-corrected chi connectivity index (χ2v) is 4.07. The SMILES string of the molecule is CN=C(N)NC(=O)c1cc2ccc(OCCO)cc2[nH]1.Cl. The Bertz CT molecular complexity index is 654. The van der Waals surface area contributed by atoms with Gasteiger partial charge < -0.3 is 20.6 Å². The summed E-state index contributed by atoms with van der Waals surface area (Å²) in [6.07, 6.45) is 0. The van der Waals surface area contributed by atoms with Gasteiger partial charge in [0.25, 0.3) is 5.91 Å². The molecular weight excluding hydrogens is 296 g/mol. The Morgan fingerprint density at radius 1 is 1.48 bits per heavy atom. The number of H-pyrrole nitrogens is 1. The first kappa shape index (κ1) is 16.8. The van der Waals surface area contributed by atoms with Gasteiger partial charge in [0.2, 0.25) is 0 Å². The van der Waals surface area contributed by atoms with E-state index in [0.29, 0.717) is 11.4 Å². The molecule has 0 bridgehead atoms. The van der Waals surface area contributed by atoms with E-state index in [1.807, 2.05) is 6.07 Å². The molecule has 114 valence electrons. The molecule has 1 heterocycles. The zero-order chi connectivity index (χ0) is 14.5. The molecule has 2 rings (SSSR count). The number of aromatic amines is 1. The number of aliphatic hydroxyl groups is 1. The van der Waals surface area contributed by atoms with Crippen LogP contribution in [0.4, 0.5) is 0 Å². The highest BCUT2D eigenvalue weighted by molar-refractivity contribution is 6.06. The predicted molar refractivity (Wildman–Crippen MR) is 83.1 cm³/mol. The first-order chi connectivity index (χ1) is 9.63. The molecular formula is C13H17ClN4O3. The number of rotatable bonds is 4. The fourth-order valence-corrected chi connectivity index (χ4v) is 1.72. The number of fused-ring (bicyclic) bond motifs is 1. The van der Waals surface area contributed by atoms with Crippen molar-refractivity contribution in [3.63, 3.8) is 0 Å². The molecule has 1 aromatic carbocycles. The minimum Gasteiger partial charge on any atom is -0.491 e. The zero-order valence-corrected chi connectivity index (χ0v) is 12.2. The number of hydrogen-bond donors (Lipinski definition) is 4. The standard InChI is InChI=1S/C13H16N4O3.ClH/c1-15-13(14)17-12(19)11-6-8-2-3-9(20-5-4-18)7-10(8)16-11;/h2-3,6-7,16,18H,4-5H2,1H3,(H3,14,15,17,19);1H. The Balaban J connectivity index is 0.00000220. The van der Waals surface area contributed by atoms with E-state index in [9.17, 15) is 4.79 Å². The van der Waals surface area contributed by atoms with Crippen LogP contribution in [0.1, 0.15) is 10.5 Å². The van der Waals surface area contributed by atoms with Gasteiger partial charge >= 0.3 is 0 Å². The van der Waals surface area contributed by atoms with E-state index >= 15 is 0 Å². The van der Waals surface area contributed by atoms with Crippen LogP contribution in [-0.2, 0) is 0 Å². The maximum absolute atomic E-state index is 11.9. The summed E-state index contributed by atoms with van der Waals surface area (Å²) in [5.74, 6) is 0.317. The first-order valence-corrected chi connectivity index (χ1v) is 6.04. The molecule has 0 unspecified atom stereocenters. The number of amides is 1. The van der Waals surface area contributed by atoms with Crippen molar-refractivity contribution in [3.8, 4) is 5.75 Å². The molecule has 0 fully saturated rings. The van der Waals surface area contributed by atoms with Crippen molar-refractivity contribution in [2.45, 2.75) is 0 Å². The molecule has 0 aliphatic heterocycles. The molecule has 0 spiro atoms. The third kappa shape index (κ3) is 4.11. The van der Waals surface area contributed by atoms with Gasteiger partial charge in [-0.2, -0.15) is 0 Å². The summed E-state index contributed by atoms with van der Waals surface area (Å²) in [5.41, 5.74) is 6.59. The topological polar surface area (TPSA) is 113 Å². The van der Waals surface area contributed by atoms with Crippen LogP contribution in [0.15, 0.2) is 29.3 Å². The number of aliphatic imine (C=N–C) groups is 1. The van der Waals surface area contributed by atoms with Crippen LogP contribution >= 0.6 is 12.4 Å². The van der Waals surface area contributed by atoms with Crippen LogP contribution in [0.3, 0.4) is 0 Å². The molecule has 0 atom stereocenters. The van der Waals surface area contributed by atoms with E-state index in [1.54, 1.807) is 18.2 Å². The van der Waals surface area contributed by atoms with Gasteiger partial charge in [-0.3, -0.25) is 15.1 Å². The summed E-state index contributed by atoms with van der Waals surface area (Å²) in [6, 6.07) is 7.07. The highest BCUT2D eigenvalue weighted by Crippen LogP contribution is 2.21. The maximum atomic E-state index is 11.9. The monoisotopic (exact) mass is 312 g/mol. The molecule has 7 nitrogen and oxygen atoms in total. The minimum absolute atomic E-state index is 0. The van der Waals surface area contributed by atoms with Crippen molar-refractivity contribution in [3.05, 3.63) is 30.0 Å². The molecule has 0 saturated carbocycles. The maximum Gasteiger partial charge on any atom is 0.274 e. The highest BCUT2D eigenvalue weighted by Gasteiger charge is 2.10. The van der Waals surface area contributed by atoms with E-state index in [1.165, 1.54) is 7.05 Å². The van der Waals surface area contributed by atoms with E-state index < -0.39 is 0 Å². The van der Waals surface area contributed by atoms with Gasteiger partial charge in [0.15, 0.2) is 5.96 Å². The summed E-state index contributed by atoms with van der Waals surface area (Å²) >= 11 is 0. The van der Waals surface area contributed by atoms with Gasteiger partial charge in [0.05, 0.1) is 6.61 Å². The Morgan fingerprint density at radius 2 is 2.24 bits per heavy atom. The number of aromatic nitrogens is 1. The van der Waals surface area contributed by atoms with Crippen molar-refractivity contribution in [2.24, 2.45) is 10.7 Å². The third-order valence-electron chi connectivity index (χ3n) is 2.68. The Morgan fingerprint density at radius 3 is 2.90 bits per heavy atom. The van der Waals surface area contributed by atoms with Crippen LogP contribution < -0.4 is 15.8 Å². The number of carbonyl (C=O) groups excluding carboxylic acids is 1. The lowest BCUT2D eigenvalue weighted by molar-refractivity contribution is 0.0972. The minimum atomic E-state index is -0.359. The van der Waals surface area contributed by atoms with Gasteiger partial charge in [-0.1, -0.05) is 0 Å². The predicted octanol–water partition coefficient (Wildman–Crippen LogP) is 0.635. The van der Waals surface area contributed by atoms with Gasteiger partial charge in [-0.25, -0.2) is 0 Å². The van der Waals surface area contributed by atoms with E-state index in [-0.39, 0.29) is 37.5 Å². The molecule has 0 aliphatic rings. The van der Waals surface area contributed by atoms with E-state index in [4.69, 9.17) is 15.6 Å². The normalized spacial score (nSPS) is 11.0. The molecule has 0 saturated heterocycles. The number of guanidine groups is 1. The summed E-state index contributed by atoms with van der Waals surface area (Å²) in [5, 5.41) is 12.0. The fraction of sp³-hybridized carbons (Fsp3) is 0.231. The second kappa shape index (κ2) is 7.51. The average Bonchev–Trinajstić information content (AvgIpc) is 2.88. The molecule has 8 heteroatoms. The fourth-order valence-electron chi connectivity index (χ4n) is 1.72. The van der Waals surface area contributed by atoms with Crippen LogP contribution in [0.2, 0.25) is 0 Å². The molecule has 1 amide bonds.